The second-order valence-corrected chi connectivity index (χ2v) is 9.59. The van der Waals surface area contributed by atoms with Gasteiger partial charge in [-0.05, 0) is 37.8 Å². The van der Waals surface area contributed by atoms with Crippen molar-refractivity contribution in [2.75, 3.05) is 13.1 Å². The molecule has 1 aliphatic rings. The van der Waals surface area contributed by atoms with Crippen molar-refractivity contribution in [3.8, 4) is 0 Å². The van der Waals surface area contributed by atoms with Crippen LogP contribution in [-0.2, 0) is 27.1 Å². The fourth-order valence-electron chi connectivity index (χ4n) is 3.54. The van der Waals surface area contributed by atoms with Crippen LogP contribution in [0.4, 0.5) is 0 Å². The lowest BCUT2D eigenvalue weighted by Gasteiger charge is -2.30. The third-order valence-electron chi connectivity index (χ3n) is 5.24. The first-order valence-electron chi connectivity index (χ1n) is 9.70. The van der Waals surface area contributed by atoms with E-state index in [0.29, 0.717) is 32.5 Å². The lowest BCUT2D eigenvalue weighted by atomic mass is 9.97. The van der Waals surface area contributed by atoms with E-state index in [-0.39, 0.29) is 17.6 Å². The monoisotopic (exact) mass is 400 g/mol. The third kappa shape index (κ3) is 5.42. The number of carbonyl (C=O) groups is 1. The van der Waals surface area contributed by atoms with Crippen molar-refractivity contribution >= 4 is 15.9 Å². The first-order chi connectivity index (χ1) is 13.3. The highest BCUT2D eigenvalue weighted by Crippen LogP contribution is 2.22. The van der Waals surface area contributed by atoms with Crippen LogP contribution in [0.2, 0.25) is 0 Å². The largest absolute Gasteiger partial charge is 0.352 e. The Balaban J connectivity index is 1.50. The fraction of sp³-hybridized carbons (Fsp3) is 0.409. The van der Waals surface area contributed by atoms with E-state index < -0.39 is 10.0 Å². The van der Waals surface area contributed by atoms with Crippen LogP contribution < -0.4 is 5.32 Å². The Morgan fingerprint density at radius 2 is 1.68 bits per heavy atom. The molecule has 0 spiro atoms. The number of nitrogens with one attached hydrogen (secondary N) is 1. The van der Waals surface area contributed by atoms with Gasteiger partial charge in [-0.1, -0.05) is 59.7 Å². The van der Waals surface area contributed by atoms with E-state index in [1.54, 1.807) is 0 Å². The van der Waals surface area contributed by atoms with Crippen LogP contribution in [0.25, 0.3) is 0 Å². The molecule has 3 rings (SSSR count). The number of piperidine rings is 1. The molecule has 1 amide bonds. The van der Waals surface area contributed by atoms with Crippen LogP contribution >= 0.6 is 0 Å². The Hall–Kier alpha value is -2.18. The van der Waals surface area contributed by atoms with E-state index in [1.165, 1.54) is 9.87 Å². The predicted octanol–water partition coefficient (Wildman–Crippen LogP) is 3.16. The van der Waals surface area contributed by atoms with Crippen molar-refractivity contribution in [3.63, 3.8) is 0 Å². The van der Waals surface area contributed by atoms with Crippen molar-refractivity contribution in [3.05, 3.63) is 70.8 Å². The number of benzene rings is 2. The summed E-state index contributed by atoms with van der Waals surface area (Å²) >= 11 is 0. The maximum Gasteiger partial charge on any atom is 0.223 e. The summed E-state index contributed by atoms with van der Waals surface area (Å²) in [4.78, 5) is 12.5. The van der Waals surface area contributed by atoms with Crippen LogP contribution in [-0.4, -0.2) is 31.7 Å². The molecule has 0 atom stereocenters. The van der Waals surface area contributed by atoms with Gasteiger partial charge >= 0.3 is 0 Å². The highest BCUT2D eigenvalue weighted by molar-refractivity contribution is 7.88. The predicted molar refractivity (Wildman–Crippen MR) is 111 cm³/mol. The second-order valence-electron chi connectivity index (χ2n) is 7.62. The summed E-state index contributed by atoms with van der Waals surface area (Å²) in [6, 6.07) is 15.6. The molecule has 5 nitrogen and oxygen atoms in total. The minimum atomic E-state index is -3.36. The zero-order valence-electron chi connectivity index (χ0n) is 16.5. The molecular weight excluding hydrogens is 372 g/mol. The van der Waals surface area contributed by atoms with Gasteiger partial charge in [0.25, 0.3) is 0 Å². The molecule has 0 bridgehead atoms. The van der Waals surface area contributed by atoms with Crippen molar-refractivity contribution in [2.45, 2.75) is 39.0 Å². The van der Waals surface area contributed by atoms with E-state index in [1.807, 2.05) is 56.3 Å². The summed E-state index contributed by atoms with van der Waals surface area (Å²) in [5.41, 5.74) is 4.15. The molecule has 1 saturated heterocycles. The van der Waals surface area contributed by atoms with Gasteiger partial charge in [-0.2, -0.15) is 0 Å². The van der Waals surface area contributed by atoms with Crippen molar-refractivity contribution in [2.24, 2.45) is 5.92 Å². The lowest BCUT2D eigenvalue weighted by molar-refractivity contribution is -0.126. The third-order valence-corrected chi connectivity index (χ3v) is 7.09. The summed E-state index contributed by atoms with van der Waals surface area (Å²) in [6.07, 6.45) is 1.12. The molecule has 0 aromatic heterocycles. The molecule has 1 N–H and O–H groups in total. The second kappa shape index (κ2) is 8.88. The van der Waals surface area contributed by atoms with Gasteiger partial charge in [-0.15, -0.1) is 0 Å². The highest BCUT2D eigenvalue weighted by atomic mass is 32.2. The zero-order valence-corrected chi connectivity index (χ0v) is 17.3. The van der Waals surface area contributed by atoms with Crippen LogP contribution in [0.15, 0.2) is 48.5 Å². The summed E-state index contributed by atoms with van der Waals surface area (Å²) in [5.74, 6) is -0.106. The smallest absolute Gasteiger partial charge is 0.223 e. The van der Waals surface area contributed by atoms with Crippen molar-refractivity contribution in [1.82, 2.24) is 9.62 Å². The van der Waals surface area contributed by atoms with E-state index in [2.05, 4.69) is 11.4 Å². The molecule has 0 unspecified atom stereocenters. The standard InChI is InChI=1S/C22H28N2O3S/c1-17-6-8-19(9-7-17)16-28(26,27)24-12-10-21(11-13-24)22(25)23-15-20-5-3-4-18(2)14-20/h3-9,14,21H,10-13,15-16H2,1-2H3,(H,23,25). The maximum absolute atomic E-state index is 12.7. The van der Waals surface area contributed by atoms with Crippen LogP contribution in [0.3, 0.4) is 0 Å². The van der Waals surface area contributed by atoms with Crippen LogP contribution in [0.5, 0.6) is 0 Å². The molecule has 1 fully saturated rings. The number of nitrogens with zero attached hydrogens (tertiary/aromatic N) is 1. The average molecular weight is 401 g/mol. The minimum Gasteiger partial charge on any atom is -0.352 e. The number of hydrogen-bond donors (Lipinski definition) is 1. The van der Waals surface area contributed by atoms with Gasteiger partial charge in [0, 0.05) is 25.6 Å². The highest BCUT2D eigenvalue weighted by Gasteiger charge is 2.31. The van der Waals surface area contributed by atoms with Crippen molar-refractivity contribution in [1.29, 1.82) is 0 Å². The number of carbonyl (C=O) groups excluding carboxylic acids is 1. The van der Waals surface area contributed by atoms with Gasteiger partial charge in [0.05, 0.1) is 5.75 Å². The number of aryl methyl sites for hydroxylation is 2. The molecule has 0 radical (unpaired) electrons. The minimum absolute atomic E-state index is 0.0112. The normalized spacial score (nSPS) is 16.1. The molecule has 2 aromatic rings. The molecule has 0 saturated carbocycles. The van der Waals surface area contributed by atoms with Crippen molar-refractivity contribution < 1.29 is 13.2 Å². The maximum atomic E-state index is 12.7. The first-order valence-corrected chi connectivity index (χ1v) is 11.3. The summed E-state index contributed by atoms with van der Waals surface area (Å²) in [7, 11) is -3.36. The van der Waals surface area contributed by atoms with E-state index >= 15 is 0 Å². The van der Waals surface area contributed by atoms with Gasteiger partial charge in [-0.25, -0.2) is 12.7 Å². The lowest BCUT2D eigenvalue weighted by Crippen LogP contribution is -2.43. The Bertz CT molecular complexity index is 915. The molecule has 1 heterocycles. The zero-order chi connectivity index (χ0) is 20.1. The topological polar surface area (TPSA) is 66.5 Å². The van der Waals surface area contributed by atoms with Gasteiger partial charge in [-0.3, -0.25) is 4.79 Å². The van der Waals surface area contributed by atoms with Gasteiger partial charge in [0.15, 0.2) is 0 Å². The van der Waals surface area contributed by atoms with Gasteiger partial charge in [0.2, 0.25) is 15.9 Å². The Labute approximate surface area is 167 Å². The fourth-order valence-corrected chi connectivity index (χ4v) is 5.10. The van der Waals surface area contributed by atoms with E-state index in [9.17, 15) is 13.2 Å². The molecule has 2 aromatic carbocycles. The van der Waals surface area contributed by atoms with Gasteiger partial charge < -0.3 is 5.32 Å². The molecule has 6 heteroatoms. The molecule has 150 valence electrons. The molecular formula is C22H28N2O3S. The molecule has 0 aliphatic carbocycles. The van der Waals surface area contributed by atoms with Gasteiger partial charge in [0.1, 0.15) is 0 Å². The summed E-state index contributed by atoms with van der Waals surface area (Å²) in [6.45, 7) is 5.31. The Kier molecular flexibility index (Phi) is 6.52. The number of rotatable bonds is 6. The number of amides is 1. The number of hydrogen-bond acceptors (Lipinski definition) is 3. The number of sulfonamides is 1. The quantitative estimate of drug-likeness (QED) is 0.810. The first kappa shape index (κ1) is 20.6. The molecule has 28 heavy (non-hydrogen) atoms. The summed E-state index contributed by atoms with van der Waals surface area (Å²) < 4.78 is 26.9. The average Bonchev–Trinajstić information content (AvgIpc) is 2.68. The van der Waals surface area contributed by atoms with E-state index in [0.717, 1.165) is 16.7 Å². The summed E-state index contributed by atoms with van der Waals surface area (Å²) in [5, 5.41) is 2.99. The molecule has 1 aliphatic heterocycles. The Morgan fingerprint density at radius 1 is 1.00 bits per heavy atom. The SMILES string of the molecule is Cc1ccc(CS(=O)(=O)N2CCC(C(=O)NCc3cccc(C)c3)CC2)cc1. The Morgan fingerprint density at radius 3 is 2.32 bits per heavy atom. The van der Waals surface area contributed by atoms with Crippen LogP contribution in [0.1, 0.15) is 35.1 Å². The van der Waals surface area contributed by atoms with E-state index in [4.69, 9.17) is 0 Å². The van der Waals surface area contributed by atoms with Crippen LogP contribution in [0, 0.1) is 19.8 Å².